The molecule has 0 radical (unpaired) electrons. The van der Waals surface area contributed by atoms with Crippen LogP contribution in [0.1, 0.15) is 24.0 Å². The van der Waals surface area contributed by atoms with Crippen LogP contribution in [0.4, 0.5) is 11.4 Å². The molecule has 0 fully saturated rings. The zero-order valence-electron chi connectivity index (χ0n) is 15.4. The van der Waals surface area contributed by atoms with Gasteiger partial charge in [-0.25, -0.2) is 4.68 Å². The number of carbonyl (C=O) groups is 2. The highest BCUT2D eigenvalue weighted by atomic mass is 16.2. The third-order valence-corrected chi connectivity index (χ3v) is 4.91. The number of hydrogen-bond donors (Lipinski definition) is 2. The maximum absolute atomic E-state index is 12.4. The van der Waals surface area contributed by atoms with E-state index in [1.807, 2.05) is 49.4 Å². The van der Waals surface area contributed by atoms with Gasteiger partial charge in [-0.2, -0.15) is 0 Å². The molecule has 0 saturated heterocycles. The van der Waals surface area contributed by atoms with Crippen molar-refractivity contribution in [2.24, 2.45) is 5.92 Å². The van der Waals surface area contributed by atoms with E-state index < -0.39 is 0 Å². The van der Waals surface area contributed by atoms with Gasteiger partial charge in [-0.3, -0.25) is 9.59 Å². The fourth-order valence-electron chi connectivity index (χ4n) is 3.44. The maximum atomic E-state index is 12.4. The first-order valence-electron chi connectivity index (χ1n) is 9.13. The molecule has 2 amide bonds. The number of amides is 2. The van der Waals surface area contributed by atoms with Crippen LogP contribution in [0, 0.1) is 12.8 Å². The number of anilines is 2. The second-order valence-corrected chi connectivity index (χ2v) is 6.89. The monoisotopic (exact) mass is 376 g/mol. The molecule has 8 heteroatoms. The van der Waals surface area contributed by atoms with Gasteiger partial charge in [0.25, 0.3) is 0 Å². The van der Waals surface area contributed by atoms with Gasteiger partial charge in [0.15, 0.2) is 0 Å². The summed E-state index contributed by atoms with van der Waals surface area (Å²) in [6, 6.07) is 13.3. The summed E-state index contributed by atoms with van der Waals surface area (Å²) in [5, 5.41) is 17.0. The normalized spacial score (nSPS) is 15.6. The lowest BCUT2D eigenvalue weighted by molar-refractivity contribution is -0.121. The predicted octanol–water partition coefficient (Wildman–Crippen LogP) is 2.50. The van der Waals surface area contributed by atoms with Gasteiger partial charge in [0, 0.05) is 23.7 Å². The number of benzene rings is 2. The number of carbonyl (C=O) groups excluding carboxylic acids is 2. The highest BCUT2D eigenvalue weighted by Crippen LogP contribution is 2.27. The largest absolute Gasteiger partial charge is 0.326 e. The van der Waals surface area contributed by atoms with Crippen LogP contribution < -0.4 is 10.6 Å². The quantitative estimate of drug-likeness (QED) is 0.712. The summed E-state index contributed by atoms with van der Waals surface area (Å²) in [4.78, 5) is 24.6. The second kappa shape index (κ2) is 7.59. The number of nitrogens with zero attached hydrogens (tertiary/aromatic N) is 4. The van der Waals surface area contributed by atoms with Crippen LogP contribution in [0.25, 0.3) is 5.69 Å². The molecule has 2 heterocycles. The molecule has 8 nitrogen and oxygen atoms in total. The molecule has 1 aromatic heterocycles. The Hall–Kier alpha value is -3.55. The summed E-state index contributed by atoms with van der Waals surface area (Å²) in [7, 11) is 0. The van der Waals surface area contributed by atoms with E-state index >= 15 is 0 Å². The van der Waals surface area contributed by atoms with E-state index in [1.54, 1.807) is 4.68 Å². The number of aromatic nitrogens is 4. The van der Waals surface area contributed by atoms with Crippen molar-refractivity contribution in [3.05, 3.63) is 59.9 Å². The third-order valence-electron chi connectivity index (χ3n) is 4.91. The minimum atomic E-state index is -0.190. The molecule has 0 spiro atoms. The smallest absolute Gasteiger partial charge is 0.227 e. The highest BCUT2D eigenvalue weighted by molar-refractivity contribution is 5.96. The summed E-state index contributed by atoms with van der Waals surface area (Å²) in [6.07, 6.45) is 2.98. The molecule has 1 aliphatic heterocycles. The second-order valence-electron chi connectivity index (χ2n) is 6.89. The topological polar surface area (TPSA) is 102 Å². The van der Waals surface area contributed by atoms with Crippen molar-refractivity contribution in [3.63, 3.8) is 0 Å². The number of nitrogens with one attached hydrogen (secondary N) is 2. The molecular weight excluding hydrogens is 356 g/mol. The first-order chi connectivity index (χ1) is 13.6. The summed E-state index contributed by atoms with van der Waals surface area (Å²) >= 11 is 0. The molecule has 28 heavy (non-hydrogen) atoms. The van der Waals surface area contributed by atoms with Crippen molar-refractivity contribution in [2.75, 3.05) is 10.6 Å². The maximum Gasteiger partial charge on any atom is 0.227 e. The van der Waals surface area contributed by atoms with E-state index in [0.29, 0.717) is 18.5 Å². The molecule has 1 aliphatic rings. The number of fused-ring (bicyclic) bond motifs is 1. The van der Waals surface area contributed by atoms with Gasteiger partial charge >= 0.3 is 0 Å². The molecule has 1 unspecified atom stereocenters. The minimum absolute atomic E-state index is 0.0202. The molecule has 3 aromatic rings. The van der Waals surface area contributed by atoms with Crippen molar-refractivity contribution in [1.82, 2.24) is 20.2 Å². The molecule has 2 N–H and O–H groups in total. The lowest BCUT2D eigenvalue weighted by Gasteiger charge is -2.24. The Morgan fingerprint density at radius 2 is 2.14 bits per heavy atom. The molecule has 0 saturated carbocycles. The van der Waals surface area contributed by atoms with Crippen molar-refractivity contribution in [2.45, 2.75) is 26.2 Å². The molecule has 4 rings (SSSR count). The van der Waals surface area contributed by atoms with Gasteiger partial charge < -0.3 is 10.6 Å². The SMILES string of the molecule is Cc1cc(NC(=O)CCC2Cc3ccccc3NC2=O)ccc1-n1cnnn1. The van der Waals surface area contributed by atoms with Gasteiger partial charge in [-0.15, -0.1) is 5.10 Å². The van der Waals surface area contributed by atoms with Crippen LogP contribution in [-0.2, 0) is 16.0 Å². The molecule has 0 aliphatic carbocycles. The van der Waals surface area contributed by atoms with Crippen LogP contribution >= 0.6 is 0 Å². The van der Waals surface area contributed by atoms with E-state index in [1.165, 1.54) is 6.33 Å². The van der Waals surface area contributed by atoms with Crippen molar-refractivity contribution in [3.8, 4) is 5.69 Å². The van der Waals surface area contributed by atoms with Crippen LogP contribution in [0.5, 0.6) is 0 Å². The Morgan fingerprint density at radius 3 is 2.93 bits per heavy atom. The molecule has 0 bridgehead atoms. The number of rotatable bonds is 5. The first kappa shape index (κ1) is 17.8. The molecule has 1 atom stereocenters. The summed E-state index contributed by atoms with van der Waals surface area (Å²) < 4.78 is 1.57. The van der Waals surface area contributed by atoms with E-state index in [4.69, 9.17) is 0 Å². The average Bonchev–Trinajstić information content (AvgIpc) is 3.21. The fraction of sp³-hybridized carbons (Fsp3) is 0.250. The van der Waals surface area contributed by atoms with Crippen molar-refractivity contribution in [1.29, 1.82) is 0 Å². The predicted molar refractivity (Wildman–Crippen MR) is 104 cm³/mol. The van der Waals surface area contributed by atoms with Crippen LogP contribution in [0.2, 0.25) is 0 Å². The standard InChI is InChI=1S/C20H20N6O2/c1-13-10-16(7-8-18(13)26-12-21-24-25-26)22-19(27)9-6-15-11-14-4-2-3-5-17(14)23-20(15)28/h2-5,7-8,10,12,15H,6,9,11H2,1H3,(H,22,27)(H,23,28). The minimum Gasteiger partial charge on any atom is -0.326 e. The Kier molecular flexibility index (Phi) is 4.84. The third kappa shape index (κ3) is 3.75. The Balaban J connectivity index is 1.35. The number of hydrogen-bond acceptors (Lipinski definition) is 5. The van der Waals surface area contributed by atoms with Crippen molar-refractivity contribution >= 4 is 23.2 Å². The Labute approximate surface area is 162 Å². The summed E-state index contributed by atoms with van der Waals surface area (Å²) in [5.41, 5.74) is 4.47. The van der Waals surface area contributed by atoms with E-state index in [0.717, 1.165) is 22.5 Å². The van der Waals surface area contributed by atoms with Gasteiger partial charge in [-0.1, -0.05) is 18.2 Å². The number of para-hydroxylation sites is 1. The van der Waals surface area contributed by atoms with Crippen LogP contribution in [0.15, 0.2) is 48.8 Å². The van der Waals surface area contributed by atoms with Crippen LogP contribution in [0.3, 0.4) is 0 Å². The lowest BCUT2D eigenvalue weighted by atomic mass is 9.89. The first-order valence-corrected chi connectivity index (χ1v) is 9.13. The Morgan fingerprint density at radius 1 is 1.29 bits per heavy atom. The number of tetrazole rings is 1. The number of aryl methyl sites for hydroxylation is 1. The van der Waals surface area contributed by atoms with Gasteiger partial charge in [-0.05, 0) is 65.6 Å². The molecular formula is C20H20N6O2. The van der Waals surface area contributed by atoms with E-state index in [-0.39, 0.29) is 24.2 Å². The summed E-state index contributed by atoms with van der Waals surface area (Å²) in [5.74, 6) is -0.320. The highest BCUT2D eigenvalue weighted by Gasteiger charge is 2.26. The molecule has 142 valence electrons. The average molecular weight is 376 g/mol. The fourth-order valence-corrected chi connectivity index (χ4v) is 3.44. The zero-order chi connectivity index (χ0) is 19.5. The van der Waals surface area contributed by atoms with E-state index in [2.05, 4.69) is 26.2 Å². The Bertz CT molecular complexity index is 1020. The molecule has 2 aromatic carbocycles. The van der Waals surface area contributed by atoms with Gasteiger partial charge in [0.2, 0.25) is 11.8 Å². The van der Waals surface area contributed by atoms with Crippen LogP contribution in [-0.4, -0.2) is 32.0 Å². The zero-order valence-corrected chi connectivity index (χ0v) is 15.4. The van der Waals surface area contributed by atoms with Crippen molar-refractivity contribution < 1.29 is 9.59 Å². The van der Waals surface area contributed by atoms with Gasteiger partial charge in [0.1, 0.15) is 6.33 Å². The van der Waals surface area contributed by atoms with Gasteiger partial charge in [0.05, 0.1) is 5.69 Å². The van der Waals surface area contributed by atoms with E-state index in [9.17, 15) is 9.59 Å². The lowest BCUT2D eigenvalue weighted by Crippen LogP contribution is -2.30. The summed E-state index contributed by atoms with van der Waals surface area (Å²) in [6.45, 7) is 1.93.